The number of carbonyl (C=O) groups excluding carboxylic acids is 5. The lowest BCUT2D eigenvalue weighted by atomic mass is 10.0. The first-order valence-electron chi connectivity index (χ1n) is 19.8. The minimum Gasteiger partial charge on any atom is -0.481 e. The summed E-state index contributed by atoms with van der Waals surface area (Å²) in [6.45, 7) is -0.534. The molecule has 0 spiro atoms. The number of nitrogens with zero attached hydrogens (tertiary/aromatic N) is 1. The Kier molecular flexibility index (Phi) is 23.1. The highest BCUT2D eigenvalue weighted by Gasteiger charge is 2.42. The number of carboxylic acid groups (broad SMARTS) is 4. The van der Waals surface area contributed by atoms with E-state index in [1.165, 1.54) is 0 Å². The first-order chi connectivity index (χ1) is 28.3. The third-order valence-corrected chi connectivity index (χ3v) is 12.3. The zero-order chi connectivity index (χ0) is 44.8. The van der Waals surface area contributed by atoms with E-state index in [0.717, 1.165) is 31.4 Å². The number of hydrogen-bond donors (Lipinski definition) is 11. The number of thioether (sulfide) groups is 1. The van der Waals surface area contributed by atoms with Crippen molar-refractivity contribution in [2.45, 2.75) is 138 Å². The Hall–Kier alpha value is -4.35. The maximum absolute atomic E-state index is 13.2. The second-order valence-corrected chi connectivity index (χ2v) is 17.3. The lowest BCUT2D eigenvalue weighted by molar-refractivity contribution is -0.159. The number of imide groups is 1. The number of hydrogen-bond acceptors (Lipinski definition) is 13. The average Bonchev–Trinajstić information content (AvgIpc) is 3.73. The monoisotopic (exact) mass is 895 g/mol. The maximum atomic E-state index is 13.2. The number of urea groups is 1. The molecule has 2 saturated heterocycles. The van der Waals surface area contributed by atoms with Gasteiger partial charge in [0.25, 0.3) is 0 Å². The topological polar surface area (TPSA) is 370 Å². The molecular formula is C35H58N7O16PS. The van der Waals surface area contributed by atoms with Gasteiger partial charge in [-0.05, 0) is 51.4 Å². The second-order valence-electron chi connectivity index (χ2n) is 14.5. The Morgan fingerprint density at radius 1 is 0.767 bits per heavy atom. The fourth-order valence-corrected chi connectivity index (χ4v) is 8.97. The smallest absolute Gasteiger partial charge is 0.403 e. The van der Waals surface area contributed by atoms with Crippen molar-refractivity contribution in [1.29, 1.82) is 0 Å². The Morgan fingerprint density at radius 3 is 1.92 bits per heavy atom. The summed E-state index contributed by atoms with van der Waals surface area (Å²) in [5, 5.41) is 50.6. The maximum Gasteiger partial charge on any atom is 0.403 e. The number of carboxylic acids is 4. The summed E-state index contributed by atoms with van der Waals surface area (Å²) in [7, 11) is -5.16. The van der Waals surface area contributed by atoms with E-state index >= 15 is 0 Å². The molecule has 2 aliphatic heterocycles. The summed E-state index contributed by atoms with van der Waals surface area (Å²) in [6, 6.07) is -5.43. The minimum absolute atomic E-state index is 0.0240. The molecule has 0 aromatic rings. The van der Waals surface area contributed by atoms with E-state index in [1.807, 2.05) is 11.8 Å². The highest BCUT2D eigenvalue weighted by atomic mass is 32.2. The summed E-state index contributed by atoms with van der Waals surface area (Å²) in [6.07, 6.45) is 3.26. The van der Waals surface area contributed by atoms with Crippen LogP contribution >= 0.6 is 19.5 Å². The SMILES string of the molecule is N[C@@H](CCC(=O)N(C(=O)CCCCCNC(=O)CCCCCNC(=O)CCCCC1SCC2NC(=O)NC21)[C@@H](COP(=O)(O)N[C@@H](CCC(=O)O)C(=O)O)C(=O)O)C(=O)O. The zero-order valence-corrected chi connectivity index (χ0v) is 34.9. The number of amides is 6. The zero-order valence-electron chi connectivity index (χ0n) is 33.2. The van der Waals surface area contributed by atoms with Crippen molar-refractivity contribution in [2.75, 3.05) is 25.4 Å². The molecular weight excluding hydrogens is 837 g/mol. The normalized spacial score (nSPS) is 19.4. The van der Waals surface area contributed by atoms with E-state index in [4.69, 9.17) is 20.5 Å². The lowest BCUT2D eigenvalue weighted by Crippen LogP contribution is -2.51. The molecule has 0 aliphatic carbocycles. The van der Waals surface area contributed by atoms with Crippen LogP contribution in [0, 0.1) is 0 Å². The number of unbranched alkanes of at least 4 members (excludes halogenated alkanes) is 5. The van der Waals surface area contributed by atoms with Crippen molar-refractivity contribution in [3.8, 4) is 0 Å². The van der Waals surface area contributed by atoms with Gasteiger partial charge in [-0.1, -0.05) is 19.3 Å². The van der Waals surface area contributed by atoms with Crippen LogP contribution < -0.4 is 32.1 Å². The average molecular weight is 896 g/mol. The first-order valence-corrected chi connectivity index (χ1v) is 22.4. The molecule has 0 bridgehead atoms. The van der Waals surface area contributed by atoms with E-state index in [2.05, 4.69) is 21.3 Å². The quantitative estimate of drug-likeness (QED) is 0.0242. The summed E-state index contributed by atoms with van der Waals surface area (Å²) in [4.78, 5) is 118. The molecule has 7 atom stereocenters. The van der Waals surface area contributed by atoms with Crippen molar-refractivity contribution < 1.29 is 77.6 Å². The largest absolute Gasteiger partial charge is 0.481 e. The highest BCUT2D eigenvalue weighted by molar-refractivity contribution is 8.00. The molecule has 25 heteroatoms. The van der Waals surface area contributed by atoms with Gasteiger partial charge in [0.2, 0.25) is 23.6 Å². The van der Waals surface area contributed by atoms with E-state index in [9.17, 15) is 62.8 Å². The van der Waals surface area contributed by atoms with Crippen molar-refractivity contribution in [1.82, 2.24) is 31.3 Å². The molecule has 0 saturated carbocycles. The Morgan fingerprint density at radius 2 is 1.35 bits per heavy atom. The predicted octanol–water partition coefficient (Wildman–Crippen LogP) is 0.0905. The summed E-state index contributed by atoms with van der Waals surface area (Å²) in [5.74, 6) is -7.97. The van der Waals surface area contributed by atoms with Crippen LogP contribution in [0.5, 0.6) is 0 Å². The van der Waals surface area contributed by atoms with Crippen LogP contribution in [0.3, 0.4) is 0 Å². The fraction of sp³-hybridized carbons (Fsp3) is 0.743. The molecule has 2 rings (SSSR count). The predicted molar refractivity (Wildman–Crippen MR) is 212 cm³/mol. The van der Waals surface area contributed by atoms with E-state index in [-0.39, 0.29) is 54.2 Å². The van der Waals surface area contributed by atoms with Crippen molar-refractivity contribution >= 4 is 73.0 Å². The van der Waals surface area contributed by atoms with E-state index in [0.29, 0.717) is 43.9 Å². The highest BCUT2D eigenvalue weighted by Crippen LogP contribution is 2.38. The molecule has 340 valence electrons. The van der Waals surface area contributed by atoms with Gasteiger partial charge >= 0.3 is 37.7 Å². The Balaban J connectivity index is 1.71. The fourth-order valence-electron chi connectivity index (χ4n) is 6.38. The lowest BCUT2D eigenvalue weighted by Gasteiger charge is -2.28. The van der Waals surface area contributed by atoms with Gasteiger partial charge in [-0.25, -0.2) is 19.2 Å². The molecule has 2 aliphatic rings. The minimum atomic E-state index is -5.16. The first kappa shape index (κ1) is 51.8. The van der Waals surface area contributed by atoms with Crippen molar-refractivity contribution in [3.63, 3.8) is 0 Å². The number of rotatable bonds is 32. The van der Waals surface area contributed by atoms with Crippen LogP contribution in [-0.2, 0) is 47.4 Å². The van der Waals surface area contributed by atoms with Crippen LogP contribution in [0.25, 0.3) is 0 Å². The standard InChI is InChI=1S/C35H58N7O16PS/c36-21(32(49)50)13-15-29(46)42(24(34(53)54)19-58-59(56,57)41-22(33(51)52)14-16-30(47)48)28(45)12-4-2-8-18-37-26(43)10-3-1-7-17-38-27(44)11-6-5-9-25-31-23(20-60-25)39-35(55)40-31/h21-25,31H,1-20,36H2,(H,37,43)(H,38,44)(H,47,48)(H,49,50)(H,51,52)(H,53,54)(H2,39,40,55)(H2,41,56,57)/t21-,22-,23?,24-,25?,31?/m0/s1. The summed E-state index contributed by atoms with van der Waals surface area (Å²) in [5.41, 5.74) is 5.44. The third-order valence-electron chi connectivity index (χ3n) is 9.66. The Bertz CT molecular complexity index is 1570. The molecule has 2 fully saturated rings. The molecule has 6 amide bonds. The number of fused-ring (bicyclic) bond motifs is 1. The molecule has 60 heavy (non-hydrogen) atoms. The van der Waals surface area contributed by atoms with Gasteiger partial charge in [-0.3, -0.25) is 43.0 Å². The van der Waals surface area contributed by atoms with E-state index < -0.39 is 100 Å². The number of nitrogens with two attached hydrogens (primary N) is 1. The number of aliphatic carboxylic acids is 4. The van der Waals surface area contributed by atoms with Gasteiger partial charge in [-0.15, -0.1) is 0 Å². The molecule has 0 radical (unpaired) electrons. The summed E-state index contributed by atoms with van der Waals surface area (Å²) >= 11 is 1.84. The number of carbonyl (C=O) groups is 9. The van der Waals surface area contributed by atoms with Crippen molar-refractivity contribution in [3.05, 3.63) is 0 Å². The van der Waals surface area contributed by atoms with E-state index in [1.54, 1.807) is 5.09 Å². The molecule has 12 N–H and O–H groups in total. The molecule has 0 aromatic carbocycles. The second kappa shape index (κ2) is 26.8. The van der Waals surface area contributed by atoms with Crippen LogP contribution in [0.4, 0.5) is 4.79 Å². The van der Waals surface area contributed by atoms with Crippen LogP contribution in [0.15, 0.2) is 0 Å². The molecule has 0 aromatic heterocycles. The van der Waals surface area contributed by atoms with Crippen molar-refractivity contribution in [2.24, 2.45) is 5.73 Å². The molecule has 4 unspecified atom stereocenters. The van der Waals surface area contributed by atoms with Gasteiger partial charge in [0.15, 0.2) is 6.04 Å². The van der Waals surface area contributed by atoms with Gasteiger partial charge in [0, 0.05) is 56.2 Å². The summed E-state index contributed by atoms with van der Waals surface area (Å²) < 4.78 is 17.3. The van der Waals surface area contributed by atoms with Crippen LogP contribution in [-0.4, -0.2) is 145 Å². The van der Waals surface area contributed by atoms with Gasteiger partial charge in [0.05, 0.1) is 18.7 Å². The Labute approximate surface area is 350 Å². The number of nitrogens with one attached hydrogen (secondary N) is 5. The molecule has 2 heterocycles. The van der Waals surface area contributed by atoms with Gasteiger partial charge in [-0.2, -0.15) is 11.8 Å². The molecule has 23 nitrogen and oxygen atoms in total. The van der Waals surface area contributed by atoms with Crippen LogP contribution in [0.2, 0.25) is 0 Å². The van der Waals surface area contributed by atoms with Crippen LogP contribution in [0.1, 0.15) is 103 Å². The van der Waals surface area contributed by atoms with Gasteiger partial charge < -0.3 is 52.3 Å². The third kappa shape index (κ3) is 19.8. The van der Waals surface area contributed by atoms with Gasteiger partial charge in [0.1, 0.15) is 12.1 Å².